The van der Waals surface area contributed by atoms with Gasteiger partial charge in [-0.25, -0.2) is 9.59 Å². The first-order chi connectivity index (χ1) is 9.95. The van der Waals surface area contributed by atoms with Crippen molar-refractivity contribution in [3.8, 4) is 0 Å². The molecule has 116 valence electrons. The van der Waals surface area contributed by atoms with E-state index < -0.39 is 17.5 Å². The van der Waals surface area contributed by atoms with Crippen LogP contribution in [-0.2, 0) is 11.8 Å². The highest BCUT2D eigenvalue weighted by Gasteiger charge is 2.43. The number of aryl methyl sites for hydroxylation is 1. The Bertz CT molecular complexity index is 521. The van der Waals surface area contributed by atoms with Crippen molar-refractivity contribution in [2.75, 3.05) is 5.32 Å². The van der Waals surface area contributed by atoms with Crippen LogP contribution >= 0.6 is 0 Å². The molecule has 0 radical (unpaired) electrons. The van der Waals surface area contributed by atoms with E-state index in [0.29, 0.717) is 18.8 Å². The zero-order chi connectivity index (χ0) is 15.5. The van der Waals surface area contributed by atoms with Crippen LogP contribution in [0, 0.1) is 5.92 Å². The lowest BCUT2D eigenvalue weighted by molar-refractivity contribution is -0.146. The van der Waals surface area contributed by atoms with Gasteiger partial charge in [-0.1, -0.05) is 18.4 Å². The third kappa shape index (κ3) is 3.47. The number of amides is 2. The van der Waals surface area contributed by atoms with E-state index in [4.69, 9.17) is 0 Å². The molecule has 9 heteroatoms. The number of carbonyl (C=O) groups excluding carboxylic acids is 1. The van der Waals surface area contributed by atoms with Gasteiger partial charge in [0.2, 0.25) is 0 Å². The number of rotatable bonds is 4. The molecule has 2 amide bonds. The van der Waals surface area contributed by atoms with E-state index in [1.165, 1.54) is 4.80 Å². The molecule has 1 aliphatic carbocycles. The van der Waals surface area contributed by atoms with Crippen molar-refractivity contribution in [3.63, 3.8) is 0 Å². The van der Waals surface area contributed by atoms with Gasteiger partial charge in [0, 0.05) is 0 Å². The molecule has 0 atom stereocenters. The molecule has 21 heavy (non-hydrogen) atoms. The summed E-state index contributed by atoms with van der Waals surface area (Å²) < 4.78 is 0. The maximum atomic E-state index is 11.9. The number of nitrogens with zero attached hydrogens (tertiary/aromatic N) is 4. The minimum absolute atomic E-state index is 0.0396. The average Bonchev–Trinajstić information content (AvgIpc) is 2.84. The third-order valence-electron chi connectivity index (χ3n) is 4.03. The minimum atomic E-state index is -1.21. The number of hydrogen-bond donors (Lipinski definition) is 3. The Labute approximate surface area is 122 Å². The van der Waals surface area contributed by atoms with Crippen molar-refractivity contribution < 1.29 is 14.7 Å². The van der Waals surface area contributed by atoms with Gasteiger partial charge in [0.25, 0.3) is 5.95 Å². The summed E-state index contributed by atoms with van der Waals surface area (Å²) in [6.45, 7) is 2.10. The zero-order valence-corrected chi connectivity index (χ0v) is 12.2. The van der Waals surface area contributed by atoms with Gasteiger partial charge in [0.15, 0.2) is 0 Å². The fourth-order valence-electron chi connectivity index (χ4n) is 2.66. The van der Waals surface area contributed by atoms with Gasteiger partial charge in [0.05, 0.1) is 7.05 Å². The molecule has 2 rings (SSSR count). The van der Waals surface area contributed by atoms with E-state index in [-0.39, 0.29) is 5.95 Å². The second-order valence-electron chi connectivity index (χ2n) is 5.42. The highest BCUT2D eigenvalue weighted by molar-refractivity contribution is 5.92. The molecule has 0 aliphatic heterocycles. The summed E-state index contributed by atoms with van der Waals surface area (Å²) in [5.41, 5.74) is -1.21. The number of carbonyl (C=O) groups is 2. The molecule has 1 fully saturated rings. The largest absolute Gasteiger partial charge is 0.480 e. The van der Waals surface area contributed by atoms with Crippen LogP contribution in [0.2, 0.25) is 0 Å². The molecular formula is C12H20N6O3. The van der Waals surface area contributed by atoms with E-state index in [9.17, 15) is 14.7 Å². The summed E-state index contributed by atoms with van der Waals surface area (Å²) in [7, 11) is 1.57. The van der Waals surface area contributed by atoms with Crippen LogP contribution in [0.1, 0.15) is 39.0 Å². The van der Waals surface area contributed by atoms with Crippen LogP contribution in [-0.4, -0.2) is 42.9 Å². The van der Waals surface area contributed by atoms with E-state index in [2.05, 4.69) is 33.0 Å². The van der Waals surface area contributed by atoms with Gasteiger partial charge in [-0.15, -0.1) is 5.10 Å². The lowest BCUT2D eigenvalue weighted by Crippen LogP contribution is -2.57. The predicted octanol–water partition coefficient (Wildman–Crippen LogP) is 0.755. The van der Waals surface area contributed by atoms with Gasteiger partial charge in [-0.05, 0) is 36.8 Å². The van der Waals surface area contributed by atoms with Crippen molar-refractivity contribution in [3.05, 3.63) is 0 Å². The highest BCUT2D eigenvalue weighted by Crippen LogP contribution is 2.34. The molecule has 0 saturated heterocycles. The molecule has 0 unspecified atom stereocenters. The van der Waals surface area contributed by atoms with E-state index in [0.717, 1.165) is 19.3 Å². The van der Waals surface area contributed by atoms with Gasteiger partial charge in [-0.3, -0.25) is 5.32 Å². The van der Waals surface area contributed by atoms with E-state index in [1.807, 2.05) is 0 Å². The summed E-state index contributed by atoms with van der Waals surface area (Å²) in [6, 6.07) is -0.625. The second kappa shape index (κ2) is 6.06. The molecule has 3 N–H and O–H groups in total. The Kier molecular flexibility index (Phi) is 4.39. The van der Waals surface area contributed by atoms with Crippen molar-refractivity contribution in [2.24, 2.45) is 13.0 Å². The first kappa shape index (κ1) is 15.2. The normalized spacial score (nSPS) is 25.3. The molecule has 0 aromatic carbocycles. The quantitative estimate of drug-likeness (QED) is 0.753. The zero-order valence-electron chi connectivity index (χ0n) is 12.2. The SMILES string of the molecule is CCC1CCC(NC(=O)Nc2nnn(C)n2)(C(=O)O)CC1. The minimum Gasteiger partial charge on any atom is -0.480 e. The Hall–Kier alpha value is -2.19. The van der Waals surface area contributed by atoms with Gasteiger partial charge in [-0.2, -0.15) is 4.80 Å². The lowest BCUT2D eigenvalue weighted by Gasteiger charge is -2.37. The predicted molar refractivity (Wildman–Crippen MR) is 73.6 cm³/mol. The number of tetrazole rings is 1. The van der Waals surface area contributed by atoms with Gasteiger partial charge < -0.3 is 10.4 Å². The highest BCUT2D eigenvalue weighted by atomic mass is 16.4. The average molecular weight is 296 g/mol. The number of anilines is 1. The fraction of sp³-hybridized carbons (Fsp3) is 0.750. The molecule has 1 heterocycles. The summed E-state index contributed by atoms with van der Waals surface area (Å²) in [4.78, 5) is 24.7. The van der Waals surface area contributed by atoms with Crippen LogP contribution in [0.3, 0.4) is 0 Å². The number of aromatic nitrogens is 4. The Morgan fingerprint density at radius 1 is 1.43 bits per heavy atom. The summed E-state index contributed by atoms with van der Waals surface area (Å²) in [5.74, 6) is -0.430. The Morgan fingerprint density at radius 3 is 2.57 bits per heavy atom. The Balaban J connectivity index is 2.00. The molecule has 1 aromatic heterocycles. The topological polar surface area (TPSA) is 122 Å². The number of carboxylic acid groups (broad SMARTS) is 1. The molecule has 0 spiro atoms. The maximum Gasteiger partial charge on any atom is 0.329 e. The molecule has 9 nitrogen and oxygen atoms in total. The van der Waals surface area contributed by atoms with Crippen LogP contribution in [0.4, 0.5) is 10.7 Å². The van der Waals surface area contributed by atoms with Crippen LogP contribution in [0.15, 0.2) is 0 Å². The van der Waals surface area contributed by atoms with Gasteiger partial charge >= 0.3 is 12.0 Å². The maximum absolute atomic E-state index is 11.9. The summed E-state index contributed by atoms with van der Waals surface area (Å²) in [6.07, 6.45) is 3.49. The molecular weight excluding hydrogens is 276 g/mol. The lowest BCUT2D eigenvalue weighted by atomic mass is 9.75. The standard InChI is InChI=1S/C12H20N6O3/c1-3-8-4-6-12(7-5-8,9(19)20)14-11(21)13-10-15-17-18(2)16-10/h8H,3-7H2,1-2H3,(H,19,20)(H2,13,14,16,21). The van der Waals surface area contributed by atoms with Crippen LogP contribution < -0.4 is 10.6 Å². The molecule has 1 saturated carbocycles. The van der Waals surface area contributed by atoms with Crippen LogP contribution in [0.25, 0.3) is 0 Å². The monoisotopic (exact) mass is 296 g/mol. The van der Waals surface area contributed by atoms with Crippen molar-refractivity contribution >= 4 is 17.9 Å². The number of carboxylic acids is 1. The number of nitrogens with one attached hydrogen (secondary N) is 2. The second-order valence-corrected chi connectivity index (χ2v) is 5.42. The van der Waals surface area contributed by atoms with E-state index >= 15 is 0 Å². The fourth-order valence-corrected chi connectivity index (χ4v) is 2.66. The summed E-state index contributed by atoms with van der Waals surface area (Å²) in [5, 5.41) is 25.5. The van der Waals surface area contributed by atoms with Gasteiger partial charge in [0.1, 0.15) is 5.54 Å². The molecule has 1 aliphatic rings. The van der Waals surface area contributed by atoms with E-state index in [1.54, 1.807) is 7.05 Å². The van der Waals surface area contributed by atoms with Crippen molar-refractivity contribution in [2.45, 2.75) is 44.6 Å². The third-order valence-corrected chi connectivity index (χ3v) is 4.03. The summed E-state index contributed by atoms with van der Waals surface area (Å²) >= 11 is 0. The number of aliphatic carboxylic acids is 1. The molecule has 0 bridgehead atoms. The van der Waals surface area contributed by atoms with Crippen molar-refractivity contribution in [1.29, 1.82) is 0 Å². The first-order valence-electron chi connectivity index (χ1n) is 7.02. The Morgan fingerprint density at radius 2 is 2.10 bits per heavy atom. The smallest absolute Gasteiger partial charge is 0.329 e. The first-order valence-corrected chi connectivity index (χ1v) is 7.02. The van der Waals surface area contributed by atoms with Crippen LogP contribution in [0.5, 0.6) is 0 Å². The number of urea groups is 1. The van der Waals surface area contributed by atoms with Crippen molar-refractivity contribution in [1.82, 2.24) is 25.5 Å². The number of hydrogen-bond acceptors (Lipinski definition) is 5. The molecule has 1 aromatic rings.